The van der Waals surface area contributed by atoms with Gasteiger partial charge in [0.05, 0.1) is 12.2 Å². The summed E-state index contributed by atoms with van der Waals surface area (Å²) in [5.74, 6) is 1.58. The molecule has 4 heterocycles. The zero-order valence-corrected chi connectivity index (χ0v) is 16.1. The second kappa shape index (κ2) is 8.69. The Bertz CT molecular complexity index is 761. The van der Waals surface area contributed by atoms with Crippen molar-refractivity contribution in [2.24, 2.45) is 5.92 Å². The first-order chi connectivity index (χ1) is 13.7. The van der Waals surface area contributed by atoms with Crippen LogP contribution in [0, 0.1) is 5.92 Å². The highest BCUT2D eigenvalue weighted by Crippen LogP contribution is 2.39. The number of hydrogen-bond donors (Lipinski definition) is 0. The molecule has 2 saturated heterocycles. The van der Waals surface area contributed by atoms with Gasteiger partial charge in [-0.15, -0.1) is 0 Å². The number of hydrogen-bond acceptors (Lipinski definition) is 5. The summed E-state index contributed by atoms with van der Waals surface area (Å²) in [5.41, 5.74) is 0.635. The molecule has 0 aromatic carbocycles. The molecule has 1 unspecified atom stereocenters. The smallest absolute Gasteiger partial charge is 0.253 e. The van der Waals surface area contributed by atoms with Crippen molar-refractivity contribution < 1.29 is 14.3 Å². The van der Waals surface area contributed by atoms with Crippen LogP contribution in [0.4, 0.5) is 0 Å². The van der Waals surface area contributed by atoms with Gasteiger partial charge in [-0.05, 0) is 62.3 Å². The van der Waals surface area contributed by atoms with Gasteiger partial charge < -0.3 is 14.4 Å². The van der Waals surface area contributed by atoms with E-state index in [1.54, 1.807) is 36.9 Å². The fourth-order valence-electron chi connectivity index (χ4n) is 4.30. The van der Waals surface area contributed by atoms with Gasteiger partial charge in [0.1, 0.15) is 5.75 Å². The maximum atomic E-state index is 12.6. The predicted octanol–water partition coefficient (Wildman–Crippen LogP) is 3.35. The molecule has 2 fully saturated rings. The van der Waals surface area contributed by atoms with E-state index in [1.165, 1.54) is 0 Å². The highest BCUT2D eigenvalue weighted by molar-refractivity contribution is 5.94. The summed E-state index contributed by atoms with van der Waals surface area (Å²) in [6.45, 7) is 3.03. The molecule has 1 atom stereocenters. The first-order valence-electron chi connectivity index (χ1n) is 10.1. The van der Waals surface area contributed by atoms with Crippen LogP contribution in [0.2, 0.25) is 0 Å². The standard InChI is InChI=1S/C22H27N3O3/c26-21(19-1-9-23-10-2-19)25-13-7-22(8-14-25)17-18(6-16-28-22)5-15-27-20-3-11-24-12-4-20/h1-4,9-12,18H,5-8,13-17H2. The molecular weight excluding hydrogens is 354 g/mol. The third kappa shape index (κ3) is 4.50. The number of pyridine rings is 2. The Kier molecular flexibility index (Phi) is 5.86. The van der Waals surface area contributed by atoms with Gasteiger partial charge in [-0.2, -0.15) is 0 Å². The van der Waals surface area contributed by atoms with Crippen LogP contribution in [-0.4, -0.2) is 52.7 Å². The molecule has 1 spiro atoms. The predicted molar refractivity (Wildman–Crippen MR) is 105 cm³/mol. The number of nitrogens with zero attached hydrogens (tertiary/aromatic N) is 3. The number of ether oxygens (including phenoxy) is 2. The first-order valence-corrected chi connectivity index (χ1v) is 10.1. The van der Waals surface area contributed by atoms with E-state index < -0.39 is 0 Å². The number of amides is 1. The molecule has 2 aliphatic rings. The van der Waals surface area contributed by atoms with E-state index in [9.17, 15) is 4.79 Å². The topological polar surface area (TPSA) is 64.6 Å². The summed E-state index contributed by atoms with van der Waals surface area (Å²) in [6, 6.07) is 7.34. The average molecular weight is 381 g/mol. The molecule has 4 rings (SSSR count). The first kappa shape index (κ1) is 18.9. The lowest BCUT2D eigenvalue weighted by Gasteiger charge is -2.46. The van der Waals surface area contributed by atoms with Crippen molar-refractivity contribution in [3.05, 3.63) is 54.6 Å². The van der Waals surface area contributed by atoms with E-state index in [4.69, 9.17) is 9.47 Å². The van der Waals surface area contributed by atoms with Gasteiger partial charge in [-0.3, -0.25) is 14.8 Å². The molecule has 0 N–H and O–H groups in total. The summed E-state index contributed by atoms with van der Waals surface area (Å²) in [6.07, 6.45) is 11.8. The van der Waals surface area contributed by atoms with E-state index in [1.807, 2.05) is 17.0 Å². The summed E-state index contributed by atoms with van der Waals surface area (Å²) in [7, 11) is 0. The van der Waals surface area contributed by atoms with Crippen LogP contribution in [-0.2, 0) is 4.74 Å². The lowest BCUT2D eigenvalue weighted by molar-refractivity contribution is -0.125. The number of piperidine rings is 1. The summed E-state index contributed by atoms with van der Waals surface area (Å²) in [5, 5.41) is 0. The molecule has 0 radical (unpaired) electrons. The van der Waals surface area contributed by atoms with E-state index in [-0.39, 0.29) is 11.5 Å². The van der Waals surface area contributed by atoms with Crippen molar-refractivity contribution in [3.63, 3.8) is 0 Å². The van der Waals surface area contributed by atoms with Crippen molar-refractivity contribution in [1.82, 2.24) is 14.9 Å². The third-order valence-electron chi connectivity index (χ3n) is 5.93. The molecule has 2 aromatic rings. The zero-order valence-electron chi connectivity index (χ0n) is 16.1. The van der Waals surface area contributed by atoms with E-state index in [0.29, 0.717) is 11.5 Å². The molecule has 1 amide bonds. The van der Waals surface area contributed by atoms with Gasteiger partial charge in [-0.25, -0.2) is 0 Å². The van der Waals surface area contributed by atoms with Gasteiger partial charge in [0, 0.05) is 50.0 Å². The van der Waals surface area contributed by atoms with Crippen molar-refractivity contribution >= 4 is 5.91 Å². The Hall–Kier alpha value is -2.47. The fraction of sp³-hybridized carbons (Fsp3) is 0.500. The maximum absolute atomic E-state index is 12.6. The highest BCUT2D eigenvalue weighted by atomic mass is 16.5. The largest absolute Gasteiger partial charge is 0.493 e. The third-order valence-corrected chi connectivity index (χ3v) is 5.93. The minimum atomic E-state index is -0.0748. The molecule has 6 heteroatoms. The maximum Gasteiger partial charge on any atom is 0.253 e. The van der Waals surface area contributed by atoms with Crippen molar-refractivity contribution in [2.75, 3.05) is 26.3 Å². The van der Waals surface area contributed by atoms with Crippen LogP contribution >= 0.6 is 0 Å². The Balaban J connectivity index is 1.27. The molecular formula is C22H27N3O3. The summed E-state index contributed by atoms with van der Waals surface area (Å²) < 4.78 is 12.1. The summed E-state index contributed by atoms with van der Waals surface area (Å²) >= 11 is 0. The Labute approximate surface area is 165 Å². The number of carbonyl (C=O) groups is 1. The Morgan fingerprint density at radius 1 is 1.11 bits per heavy atom. The molecule has 0 saturated carbocycles. The Morgan fingerprint density at radius 3 is 2.50 bits per heavy atom. The van der Waals surface area contributed by atoms with E-state index >= 15 is 0 Å². The molecule has 28 heavy (non-hydrogen) atoms. The number of likely N-dealkylation sites (tertiary alicyclic amines) is 1. The second-order valence-corrected chi connectivity index (χ2v) is 7.74. The van der Waals surface area contributed by atoms with E-state index in [0.717, 1.165) is 64.2 Å². The minimum absolute atomic E-state index is 0.0748. The molecule has 6 nitrogen and oxygen atoms in total. The average Bonchev–Trinajstić information content (AvgIpc) is 2.75. The number of rotatable bonds is 5. The van der Waals surface area contributed by atoms with Crippen LogP contribution in [0.25, 0.3) is 0 Å². The van der Waals surface area contributed by atoms with Gasteiger partial charge in [0.25, 0.3) is 5.91 Å². The fourth-order valence-corrected chi connectivity index (χ4v) is 4.30. The van der Waals surface area contributed by atoms with Gasteiger partial charge in [-0.1, -0.05) is 0 Å². The van der Waals surface area contributed by atoms with Gasteiger partial charge in [0.15, 0.2) is 0 Å². The van der Waals surface area contributed by atoms with Crippen molar-refractivity contribution in [2.45, 2.75) is 37.7 Å². The van der Waals surface area contributed by atoms with Gasteiger partial charge >= 0.3 is 0 Å². The van der Waals surface area contributed by atoms with Crippen LogP contribution in [0.15, 0.2) is 49.1 Å². The molecule has 0 aliphatic carbocycles. The highest BCUT2D eigenvalue weighted by Gasteiger charge is 2.41. The normalized spacial score (nSPS) is 21.4. The van der Waals surface area contributed by atoms with Crippen molar-refractivity contribution in [1.29, 1.82) is 0 Å². The van der Waals surface area contributed by atoms with Crippen LogP contribution < -0.4 is 4.74 Å². The van der Waals surface area contributed by atoms with Crippen LogP contribution in [0.3, 0.4) is 0 Å². The van der Waals surface area contributed by atoms with Gasteiger partial charge in [0.2, 0.25) is 0 Å². The summed E-state index contributed by atoms with van der Waals surface area (Å²) in [4.78, 5) is 22.6. The minimum Gasteiger partial charge on any atom is -0.493 e. The zero-order chi connectivity index (χ0) is 19.2. The molecule has 2 aromatic heterocycles. The molecule has 2 aliphatic heterocycles. The lowest BCUT2D eigenvalue weighted by atomic mass is 9.78. The van der Waals surface area contributed by atoms with Crippen LogP contribution in [0.5, 0.6) is 5.75 Å². The van der Waals surface area contributed by atoms with Crippen molar-refractivity contribution in [3.8, 4) is 5.75 Å². The van der Waals surface area contributed by atoms with E-state index in [2.05, 4.69) is 9.97 Å². The lowest BCUT2D eigenvalue weighted by Crippen LogP contribution is -2.50. The molecule has 0 bridgehead atoms. The van der Waals surface area contributed by atoms with Crippen LogP contribution in [0.1, 0.15) is 42.5 Å². The SMILES string of the molecule is O=C(c1ccncc1)N1CCC2(CC1)CC(CCOc1ccncc1)CCO2. The number of carbonyl (C=O) groups excluding carboxylic acids is 1. The molecule has 148 valence electrons. The second-order valence-electron chi connectivity index (χ2n) is 7.74. The Morgan fingerprint density at radius 2 is 1.79 bits per heavy atom. The quantitative estimate of drug-likeness (QED) is 0.795. The number of aromatic nitrogens is 2. The monoisotopic (exact) mass is 381 g/mol.